The zero-order valence-electron chi connectivity index (χ0n) is 18.5. The van der Waals surface area contributed by atoms with Gasteiger partial charge in [-0.15, -0.1) is 0 Å². The second-order valence-corrected chi connectivity index (χ2v) is 9.89. The zero-order chi connectivity index (χ0) is 22.8. The molecule has 0 saturated carbocycles. The molecule has 31 heavy (non-hydrogen) atoms. The van der Waals surface area contributed by atoms with Crippen LogP contribution in [0.3, 0.4) is 0 Å². The lowest BCUT2D eigenvalue weighted by Gasteiger charge is -2.43. The number of benzene rings is 1. The van der Waals surface area contributed by atoms with Gasteiger partial charge >= 0.3 is 12.1 Å². The maximum absolute atomic E-state index is 13.0. The molecule has 3 rings (SSSR count). The molecule has 3 nitrogen and oxygen atoms in total. The molecule has 1 unspecified atom stereocenters. The minimum absolute atomic E-state index is 0.0303. The lowest BCUT2D eigenvalue weighted by molar-refractivity contribution is -0.138. The monoisotopic (exact) mass is 435 g/mol. The predicted octanol–water partition coefficient (Wildman–Crippen LogP) is 6.10. The molecule has 1 fully saturated rings. The number of carbonyl (C=O) groups is 1. The maximum Gasteiger partial charge on any atom is 0.416 e. The first-order valence-electron chi connectivity index (χ1n) is 10.9. The molecule has 1 aromatic carbocycles. The summed E-state index contributed by atoms with van der Waals surface area (Å²) < 4.78 is 39.0. The number of halogens is 3. The molecule has 1 aliphatic heterocycles. The second kappa shape index (κ2) is 9.19. The minimum atomic E-state index is -4.33. The smallest absolute Gasteiger partial charge is 0.416 e. The highest BCUT2D eigenvalue weighted by Gasteiger charge is 2.37. The molecular weight excluding hydrogens is 403 g/mol. The highest BCUT2D eigenvalue weighted by Crippen LogP contribution is 2.37. The van der Waals surface area contributed by atoms with Gasteiger partial charge in [0, 0.05) is 19.0 Å². The lowest BCUT2D eigenvalue weighted by atomic mass is 9.79. The average Bonchev–Trinajstić information content (AvgIpc) is 2.68. The number of likely N-dealkylation sites (tertiary alicyclic amines) is 1. The number of carboxylic acids is 1. The van der Waals surface area contributed by atoms with Crippen LogP contribution in [0.2, 0.25) is 0 Å². The largest absolute Gasteiger partial charge is 0.481 e. The van der Waals surface area contributed by atoms with Gasteiger partial charge in [0.25, 0.3) is 0 Å². The van der Waals surface area contributed by atoms with E-state index in [2.05, 4.69) is 49.9 Å². The summed E-state index contributed by atoms with van der Waals surface area (Å²) >= 11 is 0. The first kappa shape index (κ1) is 23.6. The van der Waals surface area contributed by atoms with Gasteiger partial charge in [-0.25, -0.2) is 0 Å². The number of piperidine rings is 1. The van der Waals surface area contributed by atoms with Crippen LogP contribution in [0.5, 0.6) is 0 Å². The van der Waals surface area contributed by atoms with Crippen LogP contribution in [0.25, 0.3) is 0 Å². The molecule has 1 N–H and O–H groups in total. The van der Waals surface area contributed by atoms with Gasteiger partial charge in [0.05, 0.1) is 5.57 Å². The first-order valence-corrected chi connectivity index (χ1v) is 10.9. The third-order valence-electron chi connectivity index (χ3n) is 6.49. The van der Waals surface area contributed by atoms with E-state index in [-0.39, 0.29) is 29.7 Å². The molecule has 0 aromatic heterocycles. The van der Waals surface area contributed by atoms with E-state index in [9.17, 15) is 23.1 Å². The van der Waals surface area contributed by atoms with Crippen LogP contribution in [-0.2, 0) is 16.8 Å². The Morgan fingerprint density at radius 1 is 1.16 bits per heavy atom. The summed E-state index contributed by atoms with van der Waals surface area (Å²) in [6.45, 7) is 7.98. The molecule has 1 heterocycles. The van der Waals surface area contributed by atoms with Crippen molar-refractivity contribution in [3.05, 3.63) is 59.2 Å². The van der Waals surface area contributed by atoms with E-state index in [0.29, 0.717) is 12.8 Å². The first-order chi connectivity index (χ1) is 14.4. The molecule has 0 bridgehead atoms. The third-order valence-corrected chi connectivity index (χ3v) is 6.49. The normalized spacial score (nSPS) is 25.4. The lowest BCUT2D eigenvalue weighted by Crippen LogP contribution is -2.46. The van der Waals surface area contributed by atoms with Gasteiger partial charge in [0.15, 0.2) is 0 Å². The highest BCUT2D eigenvalue weighted by atomic mass is 19.4. The molecule has 6 heteroatoms. The summed E-state index contributed by atoms with van der Waals surface area (Å²) in [5, 5.41) is 9.22. The molecule has 0 amide bonds. The summed E-state index contributed by atoms with van der Waals surface area (Å²) in [5.41, 5.74) is 1.91. The van der Waals surface area contributed by atoms with Crippen molar-refractivity contribution in [1.82, 2.24) is 4.90 Å². The van der Waals surface area contributed by atoms with Crippen molar-refractivity contribution in [2.75, 3.05) is 6.54 Å². The molecule has 0 spiro atoms. The van der Waals surface area contributed by atoms with Gasteiger partial charge in [-0.3, -0.25) is 9.69 Å². The predicted molar refractivity (Wildman–Crippen MR) is 116 cm³/mol. The molecule has 3 atom stereocenters. The van der Waals surface area contributed by atoms with Crippen molar-refractivity contribution in [2.45, 2.75) is 70.6 Å². The van der Waals surface area contributed by atoms with E-state index in [1.165, 1.54) is 23.3 Å². The minimum Gasteiger partial charge on any atom is -0.481 e. The van der Waals surface area contributed by atoms with E-state index in [1.807, 2.05) is 0 Å². The molecule has 0 radical (unpaired) electrons. The van der Waals surface area contributed by atoms with Gasteiger partial charge in [0.2, 0.25) is 0 Å². The SMILES string of the molecule is CC(C)(C)c1ccc(CN2CC[C@H](CC(=O)O)C[C@@H]2C2C=CC(C(F)(F)F)=CC2)cc1. The van der Waals surface area contributed by atoms with Gasteiger partial charge in [0.1, 0.15) is 0 Å². The van der Waals surface area contributed by atoms with Crippen LogP contribution >= 0.6 is 0 Å². The van der Waals surface area contributed by atoms with Crippen molar-refractivity contribution in [1.29, 1.82) is 0 Å². The van der Waals surface area contributed by atoms with Crippen LogP contribution in [0.4, 0.5) is 13.2 Å². The Morgan fingerprint density at radius 3 is 2.35 bits per heavy atom. The Hall–Kier alpha value is -2.08. The van der Waals surface area contributed by atoms with Gasteiger partial charge in [-0.1, -0.05) is 63.3 Å². The molecule has 170 valence electrons. The van der Waals surface area contributed by atoms with Crippen molar-refractivity contribution >= 4 is 5.97 Å². The Labute approximate surface area is 182 Å². The van der Waals surface area contributed by atoms with E-state index < -0.39 is 17.7 Å². The number of carboxylic acid groups (broad SMARTS) is 1. The molecule has 1 saturated heterocycles. The van der Waals surface area contributed by atoms with Crippen LogP contribution in [0.1, 0.15) is 57.6 Å². The Bertz CT molecular complexity index is 834. The quantitative estimate of drug-likeness (QED) is 0.607. The second-order valence-electron chi connectivity index (χ2n) is 9.89. The summed E-state index contributed by atoms with van der Waals surface area (Å²) in [6, 6.07) is 8.56. The topological polar surface area (TPSA) is 40.5 Å². The van der Waals surface area contributed by atoms with Gasteiger partial charge in [-0.2, -0.15) is 13.2 Å². The number of nitrogens with zero attached hydrogens (tertiary/aromatic N) is 1. The fraction of sp³-hybridized carbons (Fsp3) is 0.560. The number of hydrogen-bond donors (Lipinski definition) is 1. The highest BCUT2D eigenvalue weighted by molar-refractivity contribution is 5.67. The molecule has 1 aromatic rings. The zero-order valence-corrected chi connectivity index (χ0v) is 18.5. The number of rotatable bonds is 5. The Kier molecular flexibility index (Phi) is 6.99. The maximum atomic E-state index is 13.0. The van der Waals surface area contributed by atoms with E-state index >= 15 is 0 Å². The van der Waals surface area contributed by atoms with Crippen LogP contribution in [0.15, 0.2) is 48.1 Å². The van der Waals surface area contributed by atoms with Crippen LogP contribution in [-0.4, -0.2) is 34.7 Å². The third kappa shape index (κ3) is 6.22. The number of alkyl halides is 3. The summed E-state index contributed by atoms with van der Waals surface area (Å²) in [5.74, 6) is -0.798. The van der Waals surface area contributed by atoms with Gasteiger partial charge in [-0.05, 0) is 54.2 Å². The van der Waals surface area contributed by atoms with E-state index in [1.54, 1.807) is 6.08 Å². The summed E-state index contributed by atoms with van der Waals surface area (Å²) in [7, 11) is 0. The van der Waals surface area contributed by atoms with Crippen LogP contribution < -0.4 is 0 Å². The molecular formula is C25H32F3NO2. The van der Waals surface area contributed by atoms with Crippen molar-refractivity contribution in [3.63, 3.8) is 0 Å². The number of aliphatic carboxylic acids is 1. The van der Waals surface area contributed by atoms with Crippen molar-refractivity contribution in [3.8, 4) is 0 Å². The molecule has 1 aliphatic carbocycles. The Morgan fingerprint density at radius 2 is 1.84 bits per heavy atom. The Balaban J connectivity index is 1.75. The fourth-order valence-corrected chi connectivity index (χ4v) is 4.67. The molecule has 2 aliphatic rings. The van der Waals surface area contributed by atoms with E-state index in [0.717, 1.165) is 19.5 Å². The number of hydrogen-bond acceptors (Lipinski definition) is 2. The van der Waals surface area contributed by atoms with Crippen molar-refractivity contribution < 1.29 is 23.1 Å². The van der Waals surface area contributed by atoms with Crippen LogP contribution in [0, 0.1) is 11.8 Å². The standard InChI is InChI=1S/C25H32F3NO2/c1-24(2,3)20-8-4-17(5-9-20)16-29-13-12-18(15-23(30)31)14-22(29)19-6-10-21(11-7-19)25(26,27)28/h4-6,8-11,18-19,22H,7,12-16H2,1-3H3,(H,30,31)/t18-,19?,22+/m0/s1. The van der Waals surface area contributed by atoms with E-state index in [4.69, 9.17) is 0 Å². The average molecular weight is 436 g/mol. The van der Waals surface area contributed by atoms with Crippen molar-refractivity contribution in [2.24, 2.45) is 11.8 Å². The summed E-state index contributed by atoms with van der Waals surface area (Å²) in [4.78, 5) is 13.6. The van der Waals surface area contributed by atoms with Gasteiger partial charge < -0.3 is 5.11 Å². The summed E-state index contributed by atoms with van der Waals surface area (Å²) in [6.07, 6.45) is 1.74. The number of allylic oxidation sites excluding steroid dienone is 3. The fourth-order valence-electron chi connectivity index (χ4n) is 4.67.